The van der Waals surface area contributed by atoms with E-state index >= 15 is 0 Å². The monoisotopic (exact) mass is 408 g/mol. The highest BCUT2D eigenvalue weighted by atomic mass is 16.5. The van der Waals surface area contributed by atoms with Gasteiger partial charge in [-0.25, -0.2) is 0 Å². The lowest BCUT2D eigenvalue weighted by molar-refractivity contribution is -0.154. The minimum Gasteiger partial charge on any atom is -0.465 e. The van der Waals surface area contributed by atoms with Gasteiger partial charge in [0.25, 0.3) is 0 Å². The van der Waals surface area contributed by atoms with Gasteiger partial charge in [0, 0.05) is 0 Å². The third-order valence-electron chi connectivity index (χ3n) is 7.18. The van der Waals surface area contributed by atoms with Gasteiger partial charge in [-0.3, -0.25) is 4.79 Å². The average Bonchev–Trinajstić information content (AvgIpc) is 2.53. The van der Waals surface area contributed by atoms with E-state index in [9.17, 15) is 4.79 Å². The van der Waals surface area contributed by atoms with Gasteiger partial charge in [-0.1, -0.05) is 88.5 Å². The zero-order valence-corrected chi connectivity index (χ0v) is 21.4. The molecule has 1 aliphatic carbocycles. The molecule has 2 heteroatoms. The molecule has 0 spiro atoms. The highest BCUT2D eigenvalue weighted by Crippen LogP contribution is 2.37. The van der Waals surface area contributed by atoms with Crippen LogP contribution in [0.1, 0.15) is 114 Å². The van der Waals surface area contributed by atoms with Crippen LogP contribution in [0.5, 0.6) is 0 Å². The smallest absolute Gasteiger partial charge is 0.309 e. The largest absolute Gasteiger partial charge is 0.465 e. The molecule has 0 bridgehead atoms. The van der Waals surface area contributed by atoms with Gasteiger partial charge in [0.1, 0.15) is 0 Å². The Kier molecular flexibility index (Phi) is 10.2. The van der Waals surface area contributed by atoms with Crippen molar-refractivity contribution >= 4 is 5.97 Å². The molecule has 2 nitrogen and oxygen atoms in total. The van der Waals surface area contributed by atoms with Crippen molar-refractivity contribution in [1.82, 2.24) is 0 Å². The molecule has 0 N–H and O–H groups in total. The zero-order chi connectivity index (χ0) is 22.4. The number of carbonyl (C=O) groups excluding carboxylic acids is 1. The number of carbonyl (C=O) groups is 1. The van der Waals surface area contributed by atoms with Crippen molar-refractivity contribution in [1.29, 1.82) is 0 Å². The van der Waals surface area contributed by atoms with Gasteiger partial charge in [-0.2, -0.15) is 0 Å². The van der Waals surface area contributed by atoms with Crippen LogP contribution in [0.3, 0.4) is 0 Å². The first-order valence-electron chi connectivity index (χ1n) is 12.4. The van der Waals surface area contributed by atoms with Crippen molar-refractivity contribution in [3.8, 4) is 0 Å². The molecule has 29 heavy (non-hydrogen) atoms. The van der Waals surface area contributed by atoms with Crippen LogP contribution in [-0.2, 0) is 9.53 Å². The molecule has 0 amide bonds. The Bertz CT molecular complexity index is 482. The molecule has 0 aromatic heterocycles. The van der Waals surface area contributed by atoms with Gasteiger partial charge in [0.15, 0.2) is 0 Å². The van der Waals surface area contributed by atoms with E-state index in [1.54, 1.807) is 0 Å². The van der Waals surface area contributed by atoms with E-state index in [1.807, 2.05) is 0 Å². The molecule has 0 aromatic carbocycles. The van der Waals surface area contributed by atoms with Gasteiger partial charge < -0.3 is 4.74 Å². The van der Waals surface area contributed by atoms with Crippen molar-refractivity contribution in [2.24, 2.45) is 46.3 Å². The van der Waals surface area contributed by atoms with Crippen LogP contribution < -0.4 is 0 Å². The lowest BCUT2D eigenvalue weighted by atomic mass is 9.74. The fourth-order valence-electron chi connectivity index (χ4n) is 5.52. The van der Waals surface area contributed by atoms with Gasteiger partial charge in [-0.05, 0) is 66.1 Å². The third-order valence-corrected chi connectivity index (χ3v) is 7.18. The summed E-state index contributed by atoms with van der Waals surface area (Å²) >= 11 is 0. The minimum absolute atomic E-state index is 0.0692. The van der Waals surface area contributed by atoms with E-state index in [0.717, 1.165) is 6.42 Å². The first-order chi connectivity index (χ1) is 13.2. The van der Waals surface area contributed by atoms with E-state index < -0.39 is 0 Å². The molecule has 1 fully saturated rings. The van der Waals surface area contributed by atoms with Gasteiger partial charge in [-0.15, -0.1) is 0 Å². The zero-order valence-electron chi connectivity index (χ0n) is 21.4. The Balaban J connectivity index is 2.68. The first kappa shape index (κ1) is 26.5. The van der Waals surface area contributed by atoms with Crippen LogP contribution in [0.4, 0.5) is 0 Å². The minimum atomic E-state index is 0.0692. The quantitative estimate of drug-likeness (QED) is 0.360. The van der Waals surface area contributed by atoms with Crippen molar-refractivity contribution in [3.05, 3.63) is 0 Å². The molecule has 0 saturated heterocycles. The van der Waals surface area contributed by atoms with E-state index in [0.29, 0.717) is 47.0 Å². The molecule has 1 rings (SSSR count). The molecule has 0 heterocycles. The Labute approximate surface area is 182 Å². The van der Waals surface area contributed by atoms with Crippen LogP contribution in [0, 0.1) is 46.3 Å². The molecule has 0 aliphatic heterocycles. The summed E-state index contributed by atoms with van der Waals surface area (Å²) in [5, 5.41) is 0. The summed E-state index contributed by atoms with van der Waals surface area (Å²) in [4.78, 5) is 12.9. The van der Waals surface area contributed by atoms with Crippen molar-refractivity contribution in [2.45, 2.75) is 114 Å². The lowest BCUT2D eigenvalue weighted by Gasteiger charge is -2.34. The Hall–Kier alpha value is -0.530. The Morgan fingerprint density at radius 2 is 1.52 bits per heavy atom. The van der Waals surface area contributed by atoms with E-state index in [2.05, 4.69) is 69.2 Å². The number of hydrogen-bond acceptors (Lipinski definition) is 2. The van der Waals surface area contributed by atoms with Gasteiger partial charge in [0.2, 0.25) is 0 Å². The predicted molar refractivity (Wildman–Crippen MR) is 126 cm³/mol. The topological polar surface area (TPSA) is 26.3 Å². The Morgan fingerprint density at radius 3 is 2.07 bits per heavy atom. The molecule has 172 valence electrons. The molecular formula is C27H52O2. The average molecular weight is 409 g/mol. The summed E-state index contributed by atoms with van der Waals surface area (Å²) in [6, 6.07) is 0. The fourth-order valence-corrected chi connectivity index (χ4v) is 5.52. The summed E-state index contributed by atoms with van der Waals surface area (Å²) in [6.07, 6.45) is 8.25. The molecule has 1 saturated carbocycles. The molecule has 6 unspecified atom stereocenters. The van der Waals surface area contributed by atoms with Crippen LogP contribution in [0.25, 0.3) is 0 Å². The predicted octanol–water partition coefficient (Wildman–Crippen LogP) is 8.14. The SMILES string of the molecule is CC(CCC(COC(=O)C1CCCC(C)C1C)C(C)CC(C)(C)C)CC(C)(C)C. The third kappa shape index (κ3) is 10.4. The molecule has 0 aromatic rings. The van der Waals surface area contributed by atoms with Crippen molar-refractivity contribution in [2.75, 3.05) is 6.61 Å². The standard InChI is InChI=1S/C27H52O2/c1-19(16-26(5,6)7)14-15-23(21(3)17-27(8,9)10)18-29-25(28)24-13-11-12-20(2)22(24)4/h19-24H,11-18H2,1-10H3. The van der Waals surface area contributed by atoms with E-state index in [-0.39, 0.29) is 11.9 Å². The van der Waals surface area contributed by atoms with Crippen LogP contribution in [0.15, 0.2) is 0 Å². The molecule has 1 aliphatic rings. The van der Waals surface area contributed by atoms with Crippen molar-refractivity contribution < 1.29 is 9.53 Å². The van der Waals surface area contributed by atoms with Gasteiger partial charge in [0.05, 0.1) is 12.5 Å². The summed E-state index contributed by atoms with van der Waals surface area (Å²) in [7, 11) is 0. The lowest BCUT2D eigenvalue weighted by Crippen LogP contribution is -2.33. The van der Waals surface area contributed by atoms with Crippen LogP contribution >= 0.6 is 0 Å². The number of rotatable bonds is 9. The maximum Gasteiger partial charge on any atom is 0.309 e. The van der Waals surface area contributed by atoms with Crippen LogP contribution in [0.2, 0.25) is 0 Å². The first-order valence-corrected chi connectivity index (χ1v) is 12.4. The maximum absolute atomic E-state index is 12.9. The number of ether oxygens (including phenoxy) is 1. The summed E-state index contributed by atoms with van der Waals surface area (Å²) in [5.41, 5.74) is 0.693. The molecule has 6 atom stereocenters. The summed E-state index contributed by atoms with van der Waals surface area (Å²) in [6.45, 7) is 23.8. The second-order valence-electron chi connectivity index (χ2n) is 13.0. The van der Waals surface area contributed by atoms with Crippen molar-refractivity contribution in [3.63, 3.8) is 0 Å². The highest BCUT2D eigenvalue weighted by Gasteiger charge is 2.34. The molecular weight excluding hydrogens is 356 g/mol. The molecule has 0 radical (unpaired) electrons. The fraction of sp³-hybridized carbons (Fsp3) is 0.963. The number of hydrogen-bond donors (Lipinski definition) is 0. The Morgan fingerprint density at radius 1 is 0.931 bits per heavy atom. The van der Waals surface area contributed by atoms with Crippen LogP contribution in [-0.4, -0.2) is 12.6 Å². The second kappa shape index (κ2) is 11.2. The van der Waals surface area contributed by atoms with Gasteiger partial charge >= 0.3 is 5.97 Å². The highest BCUT2D eigenvalue weighted by molar-refractivity contribution is 5.72. The van der Waals surface area contributed by atoms with E-state index in [4.69, 9.17) is 4.74 Å². The maximum atomic E-state index is 12.9. The normalized spacial score (nSPS) is 26.6. The second-order valence-corrected chi connectivity index (χ2v) is 13.0. The van der Waals surface area contributed by atoms with E-state index in [1.165, 1.54) is 38.5 Å². The summed E-state index contributed by atoms with van der Waals surface area (Å²) in [5.74, 6) is 3.03. The summed E-state index contributed by atoms with van der Waals surface area (Å²) < 4.78 is 5.99. The number of esters is 1.